The lowest BCUT2D eigenvalue weighted by atomic mass is 10.1. The molecule has 1 aromatic rings. The Morgan fingerprint density at radius 2 is 2.22 bits per heavy atom. The minimum atomic E-state index is -0.786. The molecule has 1 rings (SSSR count). The van der Waals surface area contributed by atoms with Crippen molar-refractivity contribution in [3.63, 3.8) is 0 Å². The largest absolute Gasteiger partial charge is 0.467 e. The van der Waals surface area contributed by atoms with E-state index in [0.717, 1.165) is 0 Å². The molecule has 0 unspecified atom stereocenters. The van der Waals surface area contributed by atoms with Gasteiger partial charge in [0.1, 0.15) is 11.3 Å². The molecule has 0 radical (unpaired) electrons. The molecular weight excluding hydrogens is 234 g/mol. The predicted octanol–water partition coefficient (Wildman–Crippen LogP) is 1.66. The van der Waals surface area contributed by atoms with Crippen molar-refractivity contribution in [2.24, 2.45) is 0 Å². The predicted molar refractivity (Wildman–Crippen MR) is 67.3 cm³/mol. The van der Waals surface area contributed by atoms with Crippen molar-refractivity contribution in [2.75, 3.05) is 20.2 Å². The first kappa shape index (κ1) is 14.7. The summed E-state index contributed by atoms with van der Waals surface area (Å²) >= 11 is 0. The van der Waals surface area contributed by atoms with Crippen LogP contribution in [0.4, 0.5) is 0 Å². The van der Waals surface area contributed by atoms with E-state index in [1.807, 2.05) is 11.9 Å². The Labute approximate surface area is 107 Å². The third-order valence-electron chi connectivity index (χ3n) is 2.31. The average molecular weight is 255 g/mol. The van der Waals surface area contributed by atoms with Crippen LogP contribution < -0.4 is 0 Å². The van der Waals surface area contributed by atoms with Gasteiger partial charge in [0.15, 0.2) is 0 Å². The summed E-state index contributed by atoms with van der Waals surface area (Å²) in [6.07, 6.45) is 1.47. The Hall–Kier alpha value is -1.33. The molecule has 102 valence electrons. The van der Waals surface area contributed by atoms with Gasteiger partial charge in [-0.15, -0.1) is 0 Å². The van der Waals surface area contributed by atoms with E-state index < -0.39 is 5.60 Å². The highest BCUT2D eigenvalue weighted by Gasteiger charge is 2.20. The minimum Gasteiger partial charge on any atom is -0.467 e. The van der Waals surface area contributed by atoms with E-state index in [-0.39, 0.29) is 5.97 Å². The first-order chi connectivity index (χ1) is 8.33. The average Bonchev–Trinajstić information content (AvgIpc) is 2.62. The van der Waals surface area contributed by atoms with Gasteiger partial charge in [0, 0.05) is 6.54 Å². The van der Waals surface area contributed by atoms with Crippen LogP contribution in [0, 0.1) is 0 Å². The summed E-state index contributed by atoms with van der Waals surface area (Å²) in [6, 6.07) is 1.60. The molecule has 1 heterocycles. The van der Waals surface area contributed by atoms with E-state index in [2.05, 4.69) is 0 Å². The molecule has 0 saturated carbocycles. The van der Waals surface area contributed by atoms with Gasteiger partial charge >= 0.3 is 5.97 Å². The molecule has 0 spiro atoms. The van der Waals surface area contributed by atoms with Crippen LogP contribution in [0.5, 0.6) is 0 Å². The van der Waals surface area contributed by atoms with Gasteiger partial charge in [-0.3, -0.25) is 4.90 Å². The molecular formula is C13H21NO4. The Morgan fingerprint density at radius 3 is 2.78 bits per heavy atom. The number of rotatable bonds is 6. The molecule has 0 aromatic carbocycles. The van der Waals surface area contributed by atoms with Crippen molar-refractivity contribution in [3.05, 3.63) is 23.7 Å². The maximum Gasteiger partial charge on any atom is 0.341 e. The molecule has 0 bridgehead atoms. The lowest BCUT2D eigenvalue weighted by molar-refractivity contribution is 0.0402. The Bertz CT molecular complexity index is 392. The Kier molecular flexibility index (Phi) is 4.93. The summed E-state index contributed by atoms with van der Waals surface area (Å²) in [7, 11) is 1.86. The molecule has 0 saturated heterocycles. The summed E-state index contributed by atoms with van der Waals surface area (Å²) in [5.41, 5.74) is -0.342. The zero-order chi connectivity index (χ0) is 13.8. The fraction of sp³-hybridized carbons (Fsp3) is 0.615. The number of carbonyl (C=O) groups is 1. The van der Waals surface area contributed by atoms with E-state index in [1.165, 1.54) is 6.26 Å². The number of esters is 1. The molecule has 1 N–H and O–H groups in total. The second-order valence-electron chi connectivity index (χ2n) is 4.96. The van der Waals surface area contributed by atoms with E-state index in [0.29, 0.717) is 31.0 Å². The van der Waals surface area contributed by atoms with Gasteiger partial charge in [0.25, 0.3) is 0 Å². The van der Waals surface area contributed by atoms with E-state index >= 15 is 0 Å². The lowest BCUT2D eigenvalue weighted by Gasteiger charge is -2.24. The third-order valence-corrected chi connectivity index (χ3v) is 2.31. The fourth-order valence-corrected chi connectivity index (χ4v) is 1.82. The number of nitrogens with zero attached hydrogens (tertiary/aromatic N) is 1. The highest BCUT2D eigenvalue weighted by atomic mass is 16.5. The molecule has 0 aliphatic rings. The highest BCUT2D eigenvalue weighted by molar-refractivity contribution is 5.90. The van der Waals surface area contributed by atoms with Gasteiger partial charge in [-0.2, -0.15) is 0 Å². The van der Waals surface area contributed by atoms with Crippen molar-refractivity contribution in [1.82, 2.24) is 4.90 Å². The smallest absolute Gasteiger partial charge is 0.341 e. The van der Waals surface area contributed by atoms with Crippen LogP contribution in [0.25, 0.3) is 0 Å². The van der Waals surface area contributed by atoms with Crippen LogP contribution in [-0.2, 0) is 11.3 Å². The minimum absolute atomic E-state index is 0.336. The van der Waals surface area contributed by atoms with E-state index in [1.54, 1.807) is 26.8 Å². The maximum atomic E-state index is 11.6. The van der Waals surface area contributed by atoms with Crippen LogP contribution in [-0.4, -0.2) is 41.8 Å². The summed E-state index contributed by atoms with van der Waals surface area (Å²) in [6.45, 7) is 6.50. The number of aliphatic hydroxyl groups is 1. The normalized spacial score (nSPS) is 11.9. The first-order valence-corrected chi connectivity index (χ1v) is 5.98. The third kappa shape index (κ3) is 4.50. The van der Waals surface area contributed by atoms with Crippen molar-refractivity contribution >= 4 is 5.97 Å². The molecule has 5 nitrogen and oxygen atoms in total. The molecule has 0 aliphatic carbocycles. The van der Waals surface area contributed by atoms with Crippen molar-refractivity contribution < 1.29 is 19.1 Å². The zero-order valence-electron chi connectivity index (χ0n) is 11.4. The number of furan rings is 1. The number of likely N-dealkylation sites (N-methyl/N-ethyl adjacent to an activating group) is 1. The van der Waals surface area contributed by atoms with Gasteiger partial charge in [-0.25, -0.2) is 4.79 Å². The summed E-state index contributed by atoms with van der Waals surface area (Å²) in [5, 5.41) is 9.72. The SMILES string of the molecule is CCOC(=O)c1ccoc1CN(C)CC(C)(C)O. The number of carbonyl (C=O) groups excluding carboxylic acids is 1. The highest BCUT2D eigenvalue weighted by Crippen LogP contribution is 2.15. The van der Waals surface area contributed by atoms with E-state index in [4.69, 9.17) is 9.15 Å². The van der Waals surface area contributed by atoms with Gasteiger partial charge < -0.3 is 14.3 Å². The quantitative estimate of drug-likeness (QED) is 0.783. The molecule has 5 heteroatoms. The van der Waals surface area contributed by atoms with Gasteiger partial charge in [-0.1, -0.05) is 0 Å². The topological polar surface area (TPSA) is 62.9 Å². The summed E-state index contributed by atoms with van der Waals surface area (Å²) < 4.78 is 10.2. The Morgan fingerprint density at radius 1 is 1.56 bits per heavy atom. The molecule has 0 aliphatic heterocycles. The Balaban J connectivity index is 2.68. The van der Waals surface area contributed by atoms with Gasteiger partial charge in [0.2, 0.25) is 0 Å². The second-order valence-corrected chi connectivity index (χ2v) is 4.96. The fourth-order valence-electron chi connectivity index (χ4n) is 1.82. The standard InChI is InChI=1S/C13H21NO4/c1-5-17-12(15)10-6-7-18-11(10)8-14(4)9-13(2,3)16/h6-7,16H,5,8-9H2,1-4H3. The second kappa shape index (κ2) is 6.02. The van der Waals surface area contributed by atoms with Gasteiger partial charge in [-0.05, 0) is 33.9 Å². The van der Waals surface area contributed by atoms with E-state index in [9.17, 15) is 9.90 Å². The molecule has 0 fully saturated rings. The molecule has 1 aromatic heterocycles. The molecule has 0 atom stereocenters. The molecule has 0 amide bonds. The molecule has 18 heavy (non-hydrogen) atoms. The lowest BCUT2D eigenvalue weighted by Crippen LogP contribution is -2.36. The van der Waals surface area contributed by atoms with Crippen LogP contribution >= 0.6 is 0 Å². The van der Waals surface area contributed by atoms with Crippen LogP contribution in [0.15, 0.2) is 16.7 Å². The van der Waals surface area contributed by atoms with Crippen molar-refractivity contribution in [1.29, 1.82) is 0 Å². The van der Waals surface area contributed by atoms with Crippen molar-refractivity contribution in [2.45, 2.75) is 32.9 Å². The number of ether oxygens (including phenoxy) is 1. The van der Waals surface area contributed by atoms with Gasteiger partial charge in [0.05, 0.1) is 25.0 Å². The monoisotopic (exact) mass is 255 g/mol. The summed E-state index contributed by atoms with van der Waals surface area (Å²) in [5.74, 6) is 0.179. The van der Waals surface area contributed by atoms with Crippen LogP contribution in [0.3, 0.4) is 0 Å². The zero-order valence-corrected chi connectivity index (χ0v) is 11.4. The van der Waals surface area contributed by atoms with Crippen LogP contribution in [0.1, 0.15) is 36.9 Å². The maximum absolute atomic E-state index is 11.6. The number of hydrogen-bond acceptors (Lipinski definition) is 5. The van der Waals surface area contributed by atoms with Crippen LogP contribution in [0.2, 0.25) is 0 Å². The summed E-state index contributed by atoms with van der Waals surface area (Å²) in [4.78, 5) is 13.5. The first-order valence-electron chi connectivity index (χ1n) is 5.98. The van der Waals surface area contributed by atoms with Crippen molar-refractivity contribution in [3.8, 4) is 0 Å². The number of hydrogen-bond donors (Lipinski definition) is 1.